The van der Waals surface area contributed by atoms with Crippen LogP contribution in [0.5, 0.6) is 0 Å². The third-order valence-corrected chi connectivity index (χ3v) is 10.8. The van der Waals surface area contributed by atoms with Gasteiger partial charge in [0.25, 0.3) is 8.32 Å². The SMILES string of the molecule is CC(C)(CCC1CCCC(O)C1)[Si](O)(c1ccccc1)c1ccccc1. The zero-order chi connectivity index (χ0) is 18.6. The molecule has 0 saturated heterocycles. The molecule has 1 aliphatic rings. The van der Waals surface area contributed by atoms with E-state index in [0.717, 1.165) is 42.5 Å². The van der Waals surface area contributed by atoms with Crippen molar-refractivity contribution in [3.8, 4) is 0 Å². The van der Waals surface area contributed by atoms with E-state index in [9.17, 15) is 9.90 Å². The normalized spacial score (nSPS) is 21.5. The van der Waals surface area contributed by atoms with Crippen molar-refractivity contribution in [1.29, 1.82) is 0 Å². The van der Waals surface area contributed by atoms with Crippen molar-refractivity contribution in [2.24, 2.45) is 5.92 Å². The van der Waals surface area contributed by atoms with Gasteiger partial charge in [0.15, 0.2) is 0 Å². The Hall–Kier alpha value is -1.42. The molecule has 3 heteroatoms. The van der Waals surface area contributed by atoms with E-state index in [0.29, 0.717) is 5.92 Å². The van der Waals surface area contributed by atoms with Gasteiger partial charge in [0.05, 0.1) is 6.10 Å². The van der Waals surface area contributed by atoms with Crippen molar-refractivity contribution in [1.82, 2.24) is 0 Å². The number of rotatable bonds is 6. The first-order valence-electron chi connectivity index (χ1n) is 9.95. The maximum Gasteiger partial charge on any atom is 0.258 e. The summed E-state index contributed by atoms with van der Waals surface area (Å²) in [6.45, 7) is 4.47. The second-order valence-electron chi connectivity index (χ2n) is 8.55. The van der Waals surface area contributed by atoms with Crippen molar-refractivity contribution >= 4 is 18.7 Å². The molecule has 1 fully saturated rings. The molecule has 2 nitrogen and oxygen atoms in total. The van der Waals surface area contributed by atoms with Gasteiger partial charge in [0, 0.05) is 0 Å². The molecule has 2 unspecified atom stereocenters. The first-order valence-corrected chi connectivity index (χ1v) is 11.9. The van der Waals surface area contributed by atoms with E-state index < -0.39 is 8.32 Å². The number of aliphatic hydroxyl groups is 1. The molecule has 2 atom stereocenters. The van der Waals surface area contributed by atoms with Gasteiger partial charge in [-0.05, 0) is 40.6 Å². The smallest absolute Gasteiger partial charge is 0.258 e. The molecule has 2 aromatic carbocycles. The standard InChI is InChI=1S/C23H32O2Si/c1-23(2,17-16-19-10-9-11-20(24)18-19)26(25,21-12-5-3-6-13-21)22-14-7-4-8-15-22/h3-8,12-15,19-20,24-25H,9-11,16-18H2,1-2H3. The molecule has 0 heterocycles. The molecule has 3 rings (SSSR count). The van der Waals surface area contributed by atoms with Gasteiger partial charge >= 0.3 is 0 Å². The molecule has 26 heavy (non-hydrogen) atoms. The van der Waals surface area contributed by atoms with Gasteiger partial charge in [-0.2, -0.15) is 0 Å². The first-order chi connectivity index (χ1) is 12.4. The Morgan fingerprint density at radius 1 is 0.923 bits per heavy atom. The minimum atomic E-state index is -2.89. The van der Waals surface area contributed by atoms with E-state index in [1.807, 2.05) is 36.4 Å². The maximum absolute atomic E-state index is 12.2. The lowest BCUT2D eigenvalue weighted by molar-refractivity contribution is 0.0964. The van der Waals surface area contributed by atoms with Crippen LogP contribution in [0.2, 0.25) is 5.04 Å². The number of hydrogen-bond donors (Lipinski definition) is 2. The summed E-state index contributed by atoms with van der Waals surface area (Å²) >= 11 is 0. The van der Waals surface area contributed by atoms with Crippen molar-refractivity contribution in [3.05, 3.63) is 60.7 Å². The third kappa shape index (κ3) is 3.95. The van der Waals surface area contributed by atoms with Gasteiger partial charge in [-0.15, -0.1) is 0 Å². The van der Waals surface area contributed by atoms with Gasteiger partial charge in [-0.1, -0.05) is 93.8 Å². The van der Waals surface area contributed by atoms with Gasteiger partial charge in [-0.3, -0.25) is 0 Å². The summed E-state index contributed by atoms with van der Waals surface area (Å²) in [6, 6.07) is 20.5. The van der Waals surface area contributed by atoms with Crippen LogP contribution in [0.1, 0.15) is 52.4 Å². The van der Waals surface area contributed by atoms with Gasteiger partial charge < -0.3 is 9.90 Å². The van der Waals surface area contributed by atoms with Crippen LogP contribution in [0.15, 0.2) is 60.7 Å². The van der Waals surface area contributed by atoms with Crippen LogP contribution in [0, 0.1) is 5.92 Å². The fourth-order valence-electron chi connectivity index (χ4n) is 4.58. The summed E-state index contributed by atoms with van der Waals surface area (Å²) in [5, 5.41) is 12.0. The van der Waals surface area contributed by atoms with Crippen molar-refractivity contribution < 1.29 is 9.90 Å². The molecule has 0 radical (unpaired) electrons. The second-order valence-corrected chi connectivity index (χ2v) is 12.5. The van der Waals surface area contributed by atoms with E-state index >= 15 is 0 Å². The van der Waals surface area contributed by atoms with Gasteiger partial charge in [0.1, 0.15) is 0 Å². The second kappa shape index (κ2) is 8.08. The van der Waals surface area contributed by atoms with E-state index in [1.54, 1.807) is 0 Å². The lowest BCUT2D eigenvalue weighted by Crippen LogP contribution is -2.65. The first kappa shape index (κ1) is 19.3. The summed E-state index contributed by atoms with van der Waals surface area (Å²) in [7, 11) is -2.89. The quantitative estimate of drug-likeness (QED) is 0.760. The Labute approximate surface area is 159 Å². The van der Waals surface area contributed by atoms with E-state index in [-0.39, 0.29) is 11.1 Å². The van der Waals surface area contributed by atoms with Crippen LogP contribution < -0.4 is 10.4 Å². The number of benzene rings is 2. The van der Waals surface area contributed by atoms with Crippen molar-refractivity contribution in [2.75, 3.05) is 0 Å². The lowest BCUT2D eigenvalue weighted by atomic mass is 9.83. The minimum absolute atomic E-state index is 0.128. The molecule has 2 aromatic rings. The van der Waals surface area contributed by atoms with Crippen LogP contribution in [0.3, 0.4) is 0 Å². The monoisotopic (exact) mass is 368 g/mol. The Bertz CT molecular complexity index is 644. The zero-order valence-electron chi connectivity index (χ0n) is 16.1. The van der Waals surface area contributed by atoms with Crippen molar-refractivity contribution in [2.45, 2.75) is 63.5 Å². The van der Waals surface area contributed by atoms with Crippen LogP contribution in [-0.2, 0) is 0 Å². The highest BCUT2D eigenvalue weighted by molar-refractivity contribution is 6.98. The Kier molecular flexibility index (Phi) is 6.01. The number of hydrogen-bond acceptors (Lipinski definition) is 2. The average Bonchev–Trinajstić information content (AvgIpc) is 2.67. The number of aliphatic hydroxyl groups excluding tert-OH is 1. The Morgan fingerprint density at radius 3 is 1.96 bits per heavy atom. The minimum Gasteiger partial charge on any atom is -0.424 e. The van der Waals surface area contributed by atoms with Crippen LogP contribution in [-0.4, -0.2) is 24.3 Å². The third-order valence-electron chi connectivity index (χ3n) is 6.30. The average molecular weight is 369 g/mol. The fraction of sp³-hybridized carbons (Fsp3) is 0.478. The molecule has 1 aliphatic carbocycles. The van der Waals surface area contributed by atoms with Gasteiger partial charge in [0.2, 0.25) is 0 Å². The van der Waals surface area contributed by atoms with E-state index in [4.69, 9.17) is 0 Å². The highest BCUT2D eigenvalue weighted by Gasteiger charge is 2.49. The topological polar surface area (TPSA) is 40.5 Å². The molecule has 0 amide bonds. The largest absolute Gasteiger partial charge is 0.424 e. The molecule has 2 N–H and O–H groups in total. The summed E-state index contributed by atoms with van der Waals surface area (Å²) in [4.78, 5) is 12.2. The predicted octanol–water partition coefficient (Wildman–Crippen LogP) is 3.85. The molecular weight excluding hydrogens is 336 g/mol. The predicted molar refractivity (Wildman–Crippen MR) is 111 cm³/mol. The molecular formula is C23H32O2Si. The van der Waals surface area contributed by atoms with Crippen LogP contribution in [0.4, 0.5) is 0 Å². The molecule has 0 bridgehead atoms. The summed E-state index contributed by atoms with van der Waals surface area (Å²) < 4.78 is 0. The summed E-state index contributed by atoms with van der Waals surface area (Å²) in [6.07, 6.45) is 6.15. The zero-order valence-corrected chi connectivity index (χ0v) is 17.1. The Morgan fingerprint density at radius 2 is 1.46 bits per heavy atom. The lowest BCUT2D eigenvalue weighted by Gasteiger charge is -2.42. The van der Waals surface area contributed by atoms with E-state index in [2.05, 4.69) is 38.1 Å². The van der Waals surface area contributed by atoms with Crippen molar-refractivity contribution in [3.63, 3.8) is 0 Å². The maximum atomic E-state index is 12.2. The molecule has 0 spiro atoms. The summed E-state index contributed by atoms with van der Waals surface area (Å²) in [5.74, 6) is 0.586. The van der Waals surface area contributed by atoms with E-state index in [1.165, 1.54) is 6.42 Å². The molecule has 140 valence electrons. The molecule has 0 aliphatic heterocycles. The summed E-state index contributed by atoms with van der Waals surface area (Å²) in [5.41, 5.74) is 0. The highest BCUT2D eigenvalue weighted by atomic mass is 28.4. The Balaban J connectivity index is 1.88. The van der Waals surface area contributed by atoms with Crippen LogP contribution >= 0.6 is 0 Å². The van der Waals surface area contributed by atoms with Crippen LogP contribution in [0.25, 0.3) is 0 Å². The van der Waals surface area contributed by atoms with Gasteiger partial charge in [-0.25, -0.2) is 0 Å². The molecule has 0 aromatic heterocycles. The highest BCUT2D eigenvalue weighted by Crippen LogP contribution is 2.42. The molecule has 1 saturated carbocycles. The fourth-order valence-corrected chi connectivity index (χ4v) is 8.33.